The first-order chi connectivity index (χ1) is 7.63. The zero-order valence-electron chi connectivity index (χ0n) is 11.0. The fourth-order valence-electron chi connectivity index (χ4n) is 3.74. The summed E-state index contributed by atoms with van der Waals surface area (Å²) in [5, 5.41) is 0. The molecule has 2 rings (SSSR count). The van der Waals surface area contributed by atoms with Crippen molar-refractivity contribution < 1.29 is 0 Å². The second kappa shape index (κ2) is 5.05. The molecule has 0 aromatic carbocycles. The number of rotatable bonds is 4. The van der Waals surface area contributed by atoms with Gasteiger partial charge in [0.05, 0.1) is 0 Å². The molecule has 2 aliphatic rings. The van der Waals surface area contributed by atoms with E-state index < -0.39 is 0 Å². The van der Waals surface area contributed by atoms with Crippen molar-refractivity contribution in [2.24, 2.45) is 23.0 Å². The van der Waals surface area contributed by atoms with Gasteiger partial charge >= 0.3 is 0 Å². The summed E-state index contributed by atoms with van der Waals surface area (Å²) in [4.78, 5) is 2.66. The molecule has 1 spiro atoms. The lowest BCUT2D eigenvalue weighted by Gasteiger charge is -2.52. The minimum atomic E-state index is 0.743. The van der Waals surface area contributed by atoms with Crippen LogP contribution in [0.2, 0.25) is 0 Å². The molecular formula is C14H28N2. The first-order valence-corrected chi connectivity index (χ1v) is 7.06. The molecule has 1 saturated heterocycles. The van der Waals surface area contributed by atoms with Crippen molar-refractivity contribution in [2.75, 3.05) is 26.2 Å². The highest BCUT2D eigenvalue weighted by atomic mass is 15.1. The second-order valence-electron chi connectivity index (χ2n) is 6.55. The summed E-state index contributed by atoms with van der Waals surface area (Å²) in [5.74, 6) is 1.78. The molecule has 2 nitrogen and oxygen atoms in total. The normalized spacial score (nSPS) is 26.2. The third-order valence-electron chi connectivity index (χ3n) is 4.56. The Morgan fingerprint density at radius 3 is 2.38 bits per heavy atom. The minimum Gasteiger partial charge on any atom is -0.330 e. The summed E-state index contributed by atoms with van der Waals surface area (Å²) < 4.78 is 0. The van der Waals surface area contributed by atoms with Gasteiger partial charge in [-0.1, -0.05) is 13.8 Å². The highest BCUT2D eigenvalue weighted by Crippen LogP contribution is 2.53. The standard InChI is InChI=1S/C14H28N2/c1-12(2)11-16-7-4-14(5-8-16)9-13(10-14)3-6-15/h12-13H,3-11,15H2,1-2H3. The van der Waals surface area contributed by atoms with Gasteiger partial charge in [0, 0.05) is 6.54 Å². The lowest BCUT2D eigenvalue weighted by atomic mass is 9.57. The van der Waals surface area contributed by atoms with Crippen molar-refractivity contribution in [1.29, 1.82) is 0 Å². The molecule has 1 aliphatic heterocycles. The van der Waals surface area contributed by atoms with Crippen LogP contribution in [0, 0.1) is 17.3 Å². The van der Waals surface area contributed by atoms with Crippen molar-refractivity contribution >= 4 is 0 Å². The van der Waals surface area contributed by atoms with Crippen LogP contribution in [-0.4, -0.2) is 31.1 Å². The van der Waals surface area contributed by atoms with Gasteiger partial charge in [0.2, 0.25) is 0 Å². The van der Waals surface area contributed by atoms with Crippen molar-refractivity contribution in [3.63, 3.8) is 0 Å². The molecule has 94 valence electrons. The molecule has 0 bridgehead atoms. The Balaban J connectivity index is 1.70. The number of nitrogens with two attached hydrogens (primary N) is 1. The SMILES string of the molecule is CC(C)CN1CCC2(CC1)CC(CCN)C2. The maximum absolute atomic E-state index is 5.63. The van der Waals surface area contributed by atoms with Crippen molar-refractivity contribution in [1.82, 2.24) is 4.90 Å². The number of hydrogen-bond acceptors (Lipinski definition) is 2. The van der Waals surface area contributed by atoms with Crippen LogP contribution in [0.4, 0.5) is 0 Å². The number of nitrogens with zero attached hydrogens (tertiary/aromatic N) is 1. The Labute approximate surface area is 101 Å². The Morgan fingerprint density at radius 1 is 1.25 bits per heavy atom. The van der Waals surface area contributed by atoms with Gasteiger partial charge in [-0.2, -0.15) is 0 Å². The zero-order chi connectivity index (χ0) is 11.6. The monoisotopic (exact) mass is 224 g/mol. The van der Waals surface area contributed by atoms with E-state index >= 15 is 0 Å². The van der Waals surface area contributed by atoms with E-state index in [9.17, 15) is 0 Å². The molecule has 0 amide bonds. The first-order valence-electron chi connectivity index (χ1n) is 7.06. The van der Waals surface area contributed by atoms with Gasteiger partial charge in [0.15, 0.2) is 0 Å². The van der Waals surface area contributed by atoms with Gasteiger partial charge in [0.25, 0.3) is 0 Å². The molecule has 1 aliphatic carbocycles. The Kier molecular flexibility index (Phi) is 3.91. The van der Waals surface area contributed by atoms with Gasteiger partial charge in [-0.3, -0.25) is 0 Å². The molecule has 0 unspecified atom stereocenters. The van der Waals surface area contributed by atoms with Gasteiger partial charge in [0.1, 0.15) is 0 Å². The second-order valence-corrected chi connectivity index (χ2v) is 6.55. The van der Waals surface area contributed by atoms with E-state index in [1.807, 2.05) is 0 Å². The van der Waals surface area contributed by atoms with Crippen LogP contribution in [0.15, 0.2) is 0 Å². The predicted octanol–water partition coefficient (Wildman–Crippen LogP) is 2.48. The van der Waals surface area contributed by atoms with Gasteiger partial charge in [-0.25, -0.2) is 0 Å². The van der Waals surface area contributed by atoms with Gasteiger partial charge < -0.3 is 10.6 Å². The smallest absolute Gasteiger partial charge is 0.000439 e. The van der Waals surface area contributed by atoms with Crippen LogP contribution in [0.3, 0.4) is 0 Å². The van der Waals surface area contributed by atoms with E-state index in [0.29, 0.717) is 0 Å². The molecule has 0 atom stereocenters. The van der Waals surface area contributed by atoms with E-state index in [2.05, 4.69) is 18.7 Å². The van der Waals surface area contributed by atoms with Crippen molar-refractivity contribution in [3.05, 3.63) is 0 Å². The van der Waals surface area contributed by atoms with Gasteiger partial charge in [-0.15, -0.1) is 0 Å². The average molecular weight is 224 g/mol. The molecule has 0 aromatic rings. The maximum Gasteiger partial charge on any atom is 0.000439 e. The molecule has 16 heavy (non-hydrogen) atoms. The lowest BCUT2D eigenvalue weighted by molar-refractivity contribution is -0.0173. The van der Waals surface area contributed by atoms with E-state index in [1.165, 1.54) is 51.7 Å². The van der Waals surface area contributed by atoms with Crippen molar-refractivity contribution in [3.8, 4) is 0 Å². The van der Waals surface area contributed by atoms with Crippen LogP contribution in [0.25, 0.3) is 0 Å². The van der Waals surface area contributed by atoms with E-state index in [0.717, 1.165) is 23.8 Å². The molecule has 1 saturated carbocycles. The van der Waals surface area contributed by atoms with Crippen LogP contribution in [0.1, 0.15) is 46.0 Å². The van der Waals surface area contributed by atoms with Gasteiger partial charge in [-0.05, 0) is 69.0 Å². The molecule has 2 fully saturated rings. The first kappa shape index (κ1) is 12.4. The predicted molar refractivity (Wildman–Crippen MR) is 69.3 cm³/mol. The number of likely N-dealkylation sites (tertiary alicyclic amines) is 1. The third-order valence-corrected chi connectivity index (χ3v) is 4.56. The Morgan fingerprint density at radius 2 is 1.88 bits per heavy atom. The highest BCUT2D eigenvalue weighted by Gasteiger charge is 2.44. The van der Waals surface area contributed by atoms with Crippen LogP contribution < -0.4 is 5.73 Å². The maximum atomic E-state index is 5.63. The summed E-state index contributed by atoms with van der Waals surface area (Å²) in [7, 11) is 0. The summed E-state index contributed by atoms with van der Waals surface area (Å²) in [5.41, 5.74) is 6.37. The topological polar surface area (TPSA) is 29.3 Å². The number of piperidine rings is 1. The summed E-state index contributed by atoms with van der Waals surface area (Å²) in [6.07, 6.45) is 7.10. The summed E-state index contributed by atoms with van der Waals surface area (Å²) in [6.45, 7) is 9.51. The fraction of sp³-hybridized carbons (Fsp3) is 1.00. The fourth-order valence-corrected chi connectivity index (χ4v) is 3.74. The number of hydrogen-bond donors (Lipinski definition) is 1. The van der Waals surface area contributed by atoms with E-state index in [-0.39, 0.29) is 0 Å². The third kappa shape index (κ3) is 2.78. The molecule has 1 heterocycles. The summed E-state index contributed by atoms with van der Waals surface area (Å²) >= 11 is 0. The molecule has 2 heteroatoms. The highest BCUT2D eigenvalue weighted by molar-refractivity contribution is 4.96. The lowest BCUT2D eigenvalue weighted by Crippen LogP contribution is -2.48. The Bertz CT molecular complexity index is 209. The largest absolute Gasteiger partial charge is 0.330 e. The molecular weight excluding hydrogens is 196 g/mol. The molecule has 2 N–H and O–H groups in total. The molecule has 0 radical (unpaired) electrons. The van der Waals surface area contributed by atoms with E-state index in [4.69, 9.17) is 5.73 Å². The average Bonchev–Trinajstić information content (AvgIpc) is 2.18. The van der Waals surface area contributed by atoms with Crippen LogP contribution >= 0.6 is 0 Å². The zero-order valence-corrected chi connectivity index (χ0v) is 11.0. The van der Waals surface area contributed by atoms with Crippen molar-refractivity contribution in [2.45, 2.75) is 46.0 Å². The molecule has 0 aromatic heterocycles. The summed E-state index contributed by atoms with van der Waals surface area (Å²) in [6, 6.07) is 0. The van der Waals surface area contributed by atoms with Crippen LogP contribution in [-0.2, 0) is 0 Å². The quantitative estimate of drug-likeness (QED) is 0.795. The Hall–Kier alpha value is -0.0800. The minimum absolute atomic E-state index is 0.743. The van der Waals surface area contributed by atoms with E-state index in [1.54, 1.807) is 0 Å². The van der Waals surface area contributed by atoms with Crippen LogP contribution in [0.5, 0.6) is 0 Å².